The number of nitrogens with one attached hydrogen (secondary N) is 2. The molecule has 3 heterocycles. The summed E-state index contributed by atoms with van der Waals surface area (Å²) < 4.78 is 38.5. The summed E-state index contributed by atoms with van der Waals surface area (Å²) in [5, 5.41) is 6.19. The number of piperidine rings is 1. The molecule has 2 aliphatic rings. The number of aromatic nitrogens is 2. The van der Waals surface area contributed by atoms with E-state index in [-0.39, 0.29) is 23.1 Å². The third-order valence-electron chi connectivity index (χ3n) is 6.29. The predicted molar refractivity (Wildman–Crippen MR) is 119 cm³/mol. The first-order valence-corrected chi connectivity index (χ1v) is 11.2. The van der Waals surface area contributed by atoms with E-state index < -0.39 is 12.5 Å². The molecule has 2 aromatic heterocycles. The van der Waals surface area contributed by atoms with E-state index >= 15 is 0 Å². The molecule has 1 amide bonds. The van der Waals surface area contributed by atoms with Gasteiger partial charge in [0.1, 0.15) is 22.7 Å². The number of carbonyl (C=O) groups is 1. The predicted octanol–water partition coefficient (Wildman–Crippen LogP) is 3.97. The van der Waals surface area contributed by atoms with Crippen LogP contribution in [-0.2, 0) is 0 Å². The van der Waals surface area contributed by atoms with Crippen molar-refractivity contribution < 1.29 is 23.0 Å². The molecule has 0 unspecified atom stereocenters. The molecule has 7 nitrogen and oxygen atoms in total. The number of carbonyl (C=O) groups excluding carboxylic acids is 1. The minimum absolute atomic E-state index is 0.0320. The minimum atomic E-state index is -3.08. The van der Waals surface area contributed by atoms with Gasteiger partial charge in [-0.1, -0.05) is 0 Å². The van der Waals surface area contributed by atoms with Gasteiger partial charge in [-0.2, -0.15) is 8.78 Å². The lowest BCUT2D eigenvalue weighted by Crippen LogP contribution is -2.26. The van der Waals surface area contributed by atoms with E-state index in [0.29, 0.717) is 17.2 Å². The molecule has 0 atom stereocenters. The van der Waals surface area contributed by atoms with Crippen LogP contribution in [0, 0.1) is 0 Å². The van der Waals surface area contributed by atoms with Crippen molar-refractivity contribution in [1.29, 1.82) is 0 Å². The highest BCUT2D eigenvalue weighted by Gasteiger charge is 2.29. The van der Waals surface area contributed by atoms with Crippen LogP contribution in [0.25, 0.3) is 16.9 Å². The highest BCUT2D eigenvalue weighted by molar-refractivity contribution is 6.01. The number of hydrogen-bond donors (Lipinski definition) is 2. The van der Waals surface area contributed by atoms with Crippen LogP contribution in [0.2, 0.25) is 0 Å². The van der Waals surface area contributed by atoms with E-state index in [0.717, 1.165) is 44.4 Å². The van der Waals surface area contributed by atoms with E-state index in [2.05, 4.69) is 27.8 Å². The Morgan fingerprint density at radius 1 is 1.18 bits per heavy atom. The Balaban J connectivity index is 1.54. The lowest BCUT2D eigenvalue weighted by Gasteiger charge is -2.23. The quantitative estimate of drug-likeness (QED) is 0.563. The first-order chi connectivity index (χ1) is 16.0. The second kappa shape index (κ2) is 8.97. The maximum absolute atomic E-state index is 13.2. The van der Waals surface area contributed by atoms with Crippen molar-refractivity contribution in [1.82, 2.24) is 20.0 Å². The van der Waals surface area contributed by atoms with Gasteiger partial charge >= 0.3 is 6.61 Å². The fourth-order valence-electron chi connectivity index (χ4n) is 4.42. The fraction of sp³-hybridized carbons (Fsp3) is 0.417. The SMILES string of the molecule is COc1cc(-c2cnc3cc(C4CCNCC4)ccn23)cc(OC(F)F)c1C(=O)NC1CC1. The van der Waals surface area contributed by atoms with Crippen LogP contribution in [0.3, 0.4) is 0 Å². The van der Waals surface area contributed by atoms with E-state index in [1.807, 2.05) is 10.6 Å². The van der Waals surface area contributed by atoms with Crippen molar-refractivity contribution in [2.24, 2.45) is 0 Å². The van der Waals surface area contributed by atoms with Crippen LogP contribution in [-0.4, -0.2) is 48.1 Å². The molecule has 2 fully saturated rings. The Hall–Kier alpha value is -3.20. The Morgan fingerprint density at radius 3 is 2.64 bits per heavy atom. The van der Waals surface area contributed by atoms with Crippen molar-refractivity contribution in [3.8, 4) is 22.8 Å². The van der Waals surface area contributed by atoms with Gasteiger partial charge < -0.3 is 20.1 Å². The molecule has 9 heteroatoms. The third-order valence-corrected chi connectivity index (χ3v) is 6.29. The van der Waals surface area contributed by atoms with Crippen molar-refractivity contribution >= 4 is 11.6 Å². The summed E-state index contributed by atoms with van der Waals surface area (Å²) in [6, 6.07) is 7.32. The van der Waals surface area contributed by atoms with Gasteiger partial charge in [0, 0.05) is 17.8 Å². The average molecular weight is 456 g/mol. The van der Waals surface area contributed by atoms with Crippen LogP contribution in [0.5, 0.6) is 11.5 Å². The van der Waals surface area contributed by atoms with Gasteiger partial charge in [0.2, 0.25) is 0 Å². The van der Waals surface area contributed by atoms with E-state index in [1.165, 1.54) is 18.7 Å². The van der Waals surface area contributed by atoms with Crippen LogP contribution >= 0.6 is 0 Å². The van der Waals surface area contributed by atoms with Gasteiger partial charge in [0.15, 0.2) is 0 Å². The van der Waals surface area contributed by atoms with Gasteiger partial charge in [-0.3, -0.25) is 9.20 Å². The Bertz CT molecular complexity index is 1170. The van der Waals surface area contributed by atoms with Crippen molar-refractivity contribution in [3.63, 3.8) is 0 Å². The standard InChI is InChI=1S/C24H26F2N4O3/c1-32-19-10-16(11-20(33-24(25)26)22(19)23(31)29-17-2-3-17)18-13-28-21-12-15(6-9-30(18)21)14-4-7-27-8-5-14/h6,9-14,17,24,27H,2-5,7-8H2,1H3,(H,29,31). The summed E-state index contributed by atoms with van der Waals surface area (Å²) >= 11 is 0. The van der Waals surface area contributed by atoms with Gasteiger partial charge in [-0.05, 0) is 74.5 Å². The minimum Gasteiger partial charge on any atom is -0.496 e. The largest absolute Gasteiger partial charge is 0.496 e. The molecule has 1 saturated carbocycles. The number of amides is 1. The van der Waals surface area contributed by atoms with Crippen molar-refractivity contribution in [2.75, 3.05) is 20.2 Å². The van der Waals surface area contributed by atoms with Gasteiger partial charge in [-0.15, -0.1) is 0 Å². The zero-order valence-electron chi connectivity index (χ0n) is 18.3. The number of nitrogens with zero attached hydrogens (tertiary/aromatic N) is 2. The Morgan fingerprint density at radius 2 is 1.94 bits per heavy atom. The van der Waals surface area contributed by atoms with E-state index in [4.69, 9.17) is 9.47 Å². The Labute approximate surface area is 190 Å². The van der Waals surface area contributed by atoms with Crippen LogP contribution in [0.1, 0.15) is 47.5 Å². The van der Waals surface area contributed by atoms with Gasteiger partial charge in [-0.25, -0.2) is 4.98 Å². The monoisotopic (exact) mass is 456 g/mol. The number of ether oxygens (including phenoxy) is 2. The summed E-state index contributed by atoms with van der Waals surface area (Å²) in [5.41, 5.74) is 3.23. The molecule has 0 bridgehead atoms. The molecule has 1 aliphatic heterocycles. The smallest absolute Gasteiger partial charge is 0.387 e. The molecule has 0 spiro atoms. The maximum Gasteiger partial charge on any atom is 0.387 e. The number of imidazole rings is 1. The highest BCUT2D eigenvalue weighted by atomic mass is 19.3. The molecule has 3 aromatic rings. The summed E-state index contributed by atoms with van der Waals surface area (Å²) in [6.45, 7) is -1.07. The molecule has 33 heavy (non-hydrogen) atoms. The molecule has 1 saturated heterocycles. The number of alkyl halides is 2. The number of rotatable bonds is 7. The fourth-order valence-corrected chi connectivity index (χ4v) is 4.42. The first-order valence-electron chi connectivity index (χ1n) is 11.2. The highest BCUT2D eigenvalue weighted by Crippen LogP contribution is 2.37. The van der Waals surface area contributed by atoms with Gasteiger partial charge in [0.25, 0.3) is 5.91 Å². The number of pyridine rings is 1. The topological polar surface area (TPSA) is 76.9 Å². The van der Waals surface area contributed by atoms with Gasteiger partial charge in [0.05, 0.1) is 19.0 Å². The van der Waals surface area contributed by atoms with Crippen LogP contribution < -0.4 is 20.1 Å². The number of fused-ring (bicyclic) bond motifs is 1. The normalized spacial score (nSPS) is 16.8. The molecule has 0 radical (unpaired) electrons. The number of benzene rings is 1. The maximum atomic E-state index is 13.2. The average Bonchev–Trinajstić information content (AvgIpc) is 3.53. The lowest BCUT2D eigenvalue weighted by molar-refractivity contribution is -0.0502. The molecular weight excluding hydrogens is 430 g/mol. The molecule has 5 rings (SSSR count). The zero-order valence-corrected chi connectivity index (χ0v) is 18.3. The number of hydrogen-bond acceptors (Lipinski definition) is 5. The molecular formula is C24H26F2N4O3. The van der Waals surface area contributed by atoms with Crippen LogP contribution in [0.4, 0.5) is 8.78 Å². The van der Waals surface area contributed by atoms with E-state index in [1.54, 1.807) is 12.3 Å². The molecule has 1 aromatic carbocycles. The molecule has 174 valence electrons. The second-order valence-electron chi connectivity index (χ2n) is 8.53. The second-order valence-corrected chi connectivity index (χ2v) is 8.53. The van der Waals surface area contributed by atoms with Crippen LogP contribution in [0.15, 0.2) is 36.7 Å². The summed E-state index contributed by atoms with van der Waals surface area (Å²) in [6.07, 6.45) is 7.55. The lowest BCUT2D eigenvalue weighted by atomic mass is 9.91. The number of halogens is 2. The summed E-state index contributed by atoms with van der Waals surface area (Å²) in [4.78, 5) is 17.3. The third kappa shape index (κ3) is 4.50. The number of methoxy groups -OCH3 is 1. The summed E-state index contributed by atoms with van der Waals surface area (Å²) in [5.74, 6) is -0.0468. The first kappa shape index (κ1) is 21.6. The summed E-state index contributed by atoms with van der Waals surface area (Å²) in [7, 11) is 1.40. The molecule has 2 N–H and O–H groups in total. The Kier molecular flexibility index (Phi) is 5.88. The zero-order chi connectivity index (χ0) is 22.9. The van der Waals surface area contributed by atoms with E-state index in [9.17, 15) is 13.6 Å². The molecule has 1 aliphatic carbocycles. The van der Waals surface area contributed by atoms with Crippen molar-refractivity contribution in [2.45, 2.75) is 44.3 Å². The van der Waals surface area contributed by atoms with Crippen molar-refractivity contribution in [3.05, 3.63) is 47.8 Å².